The Morgan fingerprint density at radius 2 is 2.04 bits per heavy atom. The molecule has 0 aliphatic carbocycles. The van der Waals surface area contributed by atoms with Crippen LogP contribution in [0.3, 0.4) is 0 Å². The van der Waals surface area contributed by atoms with Crippen molar-refractivity contribution in [1.82, 2.24) is 5.32 Å². The molecular formula is C16H14FN3O3S. The van der Waals surface area contributed by atoms with Gasteiger partial charge < -0.3 is 10.1 Å². The highest BCUT2D eigenvalue weighted by molar-refractivity contribution is 7.90. The first-order valence-electron chi connectivity index (χ1n) is 6.93. The summed E-state index contributed by atoms with van der Waals surface area (Å²) in [7, 11) is -0.821. The van der Waals surface area contributed by atoms with E-state index in [9.17, 15) is 12.8 Å². The molecule has 0 fully saturated rings. The Balaban J connectivity index is 2.30. The third-order valence-electron chi connectivity index (χ3n) is 3.72. The van der Waals surface area contributed by atoms with E-state index in [4.69, 9.17) is 4.74 Å². The standard InChI is InChI=1S/C16H14FN3O3S/c1-18-15-10(9-4-6-11(17)12(8-9)23-3)5-7-13-14(15)16(19-2)20-24(13,21)22/h4-8H,1H2,2-3H3,(H,19,20). The van der Waals surface area contributed by atoms with Crippen molar-refractivity contribution in [3.05, 3.63) is 41.7 Å². The van der Waals surface area contributed by atoms with Gasteiger partial charge in [-0.3, -0.25) is 4.99 Å². The second kappa shape index (κ2) is 5.72. The van der Waals surface area contributed by atoms with Crippen LogP contribution in [0.5, 0.6) is 5.75 Å². The van der Waals surface area contributed by atoms with Gasteiger partial charge in [-0.1, -0.05) is 12.1 Å². The first-order valence-corrected chi connectivity index (χ1v) is 8.37. The quantitative estimate of drug-likeness (QED) is 0.865. The van der Waals surface area contributed by atoms with Gasteiger partial charge in [-0.25, -0.2) is 4.39 Å². The van der Waals surface area contributed by atoms with Gasteiger partial charge in [0.2, 0.25) is 0 Å². The highest BCUT2D eigenvalue weighted by Gasteiger charge is 2.32. The van der Waals surface area contributed by atoms with Crippen molar-refractivity contribution in [3.63, 3.8) is 0 Å². The molecule has 0 radical (unpaired) electrons. The van der Waals surface area contributed by atoms with Crippen molar-refractivity contribution < 1.29 is 17.5 Å². The average Bonchev–Trinajstić information content (AvgIpc) is 2.85. The molecule has 2 aromatic carbocycles. The minimum Gasteiger partial charge on any atom is -0.494 e. The maximum Gasteiger partial charge on any atom is 0.285 e. The molecule has 0 bridgehead atoms. The van der Waals surface area contributed by atoms with Crippen LogP contribution in [0.4, 0.5) is 10.1 Å². The number of methoxy groups -OCH3 is 1. The number of ether oxygens (including phenoxy) is 1. The summed E-state index contributed by atoms with van der Waals surface area (Å²) in [4.78, 5) is 4.05. The molecule has 0 atom stereocenters. The minimum absolute atomic E-state index is 0.0621. The molecule has 0 amide bonds. The molecule has 1 N–H and O–H groups in total. The van der Waals surface area contributed by atoms with Gasteiger partial charge in [0.05, 0.1) is 18.4 Å². The zero-order valence-electron chi connectivity index (χ0n) is 13.0. The average molecular weight is 347 g/mol. The van der Waals surface area contributed by atoms with Crippen LogP contribution in [-0.2, 0) is 10.0 Å². The maximum atomic E-state index is 13.6. The number of hydrogen-bond acceptors (Lipinski definition) is 5. The number of hydrogen-bond donors (Lipinski definition) is 1. The Morgan fingerprint density at radius 1 is 1.29 bits per heavy atom. The third kappa shape index (κ3) is 2.35. The van der Waals surface area contributed by atoms with Crippen molar-refractivity contribution in [2.75, 3.05) is 14.2 Å². The Bertz CT molecular complexity index is 984. The van der Waals surface area contributed by atoms with Crippen LogP contribution in [0.1, 0.15) is 5.56 Å². The molecule has 1 aliphatic heterocycles. The zero-order valence-corrected chi connectivity index (χ0v) is 13.8. The summed E-state index contributed by atoms with van der Waals surface area (Å²) in [6, 6.07) is 7.41. The molecule has 3 rings (SSSR count). The van der Waals surface area contributed by atoms with Gasteiger partial charge in [-0.15, -0.1) is 4.40 Å². The number of nitrogens with one attached hydrogen (secondary N) is 1. The van der Waals surface area contributed by atoms with Crippen LogP contribution < -0.4 is 10.1 Å². The lowest BCUT2D eigenvalue weighted by Gasteiger charge is -2.12. The number of nitrogens with zero attached hydrogens (tertiary/aromatic N) is 2. The van der Waals surface area contributed by atoms with E-state index >= 15 is 0 Å². The second-order valence-corrected chi connectivity index (χ2v) is 6.58. The van der Waals surface area contributed by atoms with Crippen molar-refractivity contribution in [2.24, 2.45) is 9.39 Å². The first kappa shape index (κ1) is 16.1. The summed E-state index contributed by atoms with van der Waals surface area (Å²) in [6.45, 7) is 3.54. The summed E-state index contributed by atoms with van der Waals surface area (Å²) in [6.07, 6.45) is 0. The highest BCUT2D eigenvalue weighted by atomic mass is 32.2. The summed E-state index contributed by atoms with van der Waals surface area (Å²) >= 11 is 0. The molecule has 0 saturated carbocycles. The van der Waals surface area contributed by atoms with Crippen molar-refractivity contribution in [2.45, 2.75) is 4.90 Å². The first-order chi connectivity index (χ1) is 11.4. The van der Waals surface area contributed by atoms with Crippen LogP contribution in [0.15, 0.2) is 44.6 Å². The van der Waals surface area contributed by atoms with Gasteiger partial charge in [0, 0.05) is 12.6 Å². The summed E-state index contributed by atoms with van der Waals surface area (Å²) < 4.78 is 46.6. The van der Waals surface area contributed by atoms with E-state index in [-0.39, 0.29) is 16.5 Å². The van der Waals surface area contributed by atoms with E-state index in [1.54, 1.807) is 19.2 Å². The van der Waals surface area contributed by atoms with E-state index in [0.717, 1.165) is 0 Å². The van der Waals surface area contributed by atoms with Crippen molar-refractivity contribution >= 4 is 28.3 Å². The fourth-order valence-corrected chi connectivity index (χ4v) is 3.84. The van der Waals surface area contributed by atoms with Crippen LogP contribution in [-0.4, -0.2) is 35.1 Å². The molecule has 6 nitrogen and oxygen atoms in total. The lowest BCUT2D eigenvalue weighted by atomic mass is 9.99. The van der Waals surface area contributed by atoms with E-state index in [1.165, 1.54) is 25.3 Å². The molecule has 1 aliphatic rings. The number of aliphatic imine (C=N–C) groups is 1. The normalized spacial score (nSPS) is 14.7. The summed E-state index contributed by atoms with van der Waals surface area (Å²) in [5.41, 5.74) is 1.93. The molecule has 1 heterocycles. The van der Waals surface area contributed by atoms with E-state index in [2.05, 4.69) is 21.4 Å². The minimum atomic E-state index is -3.76. The molecule has 24 heavy (non-hydrogen) atoms. The molecule has 8 heteroatoms. The predicted octanol–water partition coefficient (Wildman–Crippen LogP) is 2.50. The number of rotatable bonds is 3. The van der Waals surface area contributed by atoms with Gasteiger partial charge >= 0.3 is 0 Å². The van der Waals surface area contributed by atoms with Crippen LogP contribution >= 0.6 is 0 Å². The Hall–Kier alpha value is -2.74. The highest BCUT2D eigenvalue weighted by Crippen LogP contribution is 2.41. The number of fused-ring (bicyclic) bond motifs is 1. The molecule has 0 aromatic heterocycles. The Kier molecular flexibility index (Phi) is 3.84. The van der Waals surface area contributed by atoms with Gasteiger partial charge in [0.25, 0.3) is 10.0 Å². The molecular weight excluding hydrogens is 333 g/mol. The zero-order chi connectivity index (χ0) is 17.5. The maximum absolute atomic E-state index is 13.6. The van der Waals surface area contributed by atoms with Gasteiger partial charge in [0.1, 0.15) is 10.7 Å². The lowest BCUT2D eigenvalue weighted by molar-refractivity contribution is 0.387. The van der Waals surface area contributed by atoms with Gasteiger partial charge in [-0.05, 0) is 30.5 Å². The van der Waals surface area contributed by atoms with E-state index in [1.807, 2.05) is 0 Å². The number of halogens is 1. The monoisotopic (exact) mass is 347 g/mol. The van der Waals surface area contributed by atoms with E-state index in [0.29, 0.717) is 22.4 Å². The Morgan fingerprint density at radius 3 is 2.67 bits per heavy atom. The van der Waals surface area contributed by atoms with Crippen molar-refractivity contribution in [3.8, 4) is 16.9 Å². The fourth-order valence-electron chi connectivity index (χ4n) is 2.63. The smallest absolute Gasteiger partial charge is 0.285 e. The van der Waals surface area contributed by atoms with E-state index < -0.39 is 15.8 Å². The molecule has 2 aromatic rings. The second-order valence-electron chi connectivity index (χ2n) is 5.01. The lowest BCUT2D eigenvalue weighted by Crippen LogP contribution is -2.17. The van der Waals surface area contributed by atoms with Crippen LogP contribution in [0, 0.1) is 5.82 Å². The van der Waals surface area contributed by atoms with Crippen molar-refractivity contribution in [1.29, 1.82) is 0 Å². The SMILES string of the molecule is C=Nc1c(-c2ccc(F)c(OC)c2)ccc2c1C(NC)=NS2(=O)=O. The molecule has 0 saturated heterocycles. The topological polar surface area (TPSA) is 80.1 Å². The molecule has 124 valence electrons. The third-order valence-corrected chi connectivity index (χ3v) is 5.04. The van der Waals surface area contributed by atoms with Gasteiger partial charge in [-0.2, -0.15) is 8.42 Å². The predicted molar refractivity (Wildman–Crippen MR) is 90.4 cm³/mol. The fraction of sp³-hybridized carbons (Fsp3) is 0.125. The number of sulfonamides is 1. The number of amidine groups is 1. The Labute approximate surface area is 138 Å². The van der Waals surface area contributed by atoms with Crippen LogP contribution in [0.2, 0.25) is 0 Å². The molecule has 0 spiro atoms. The largest absolute Gasteiger partial charge is 0.494 e. The van der Waals surface area contributed by atoms with Crippen LogP contribution in [0.25, 0.3) is 11.1 Å². The number of benzene rings is 2. The van der Waals surface area contributed by atoms with Gasteiger partial charge in [0.15, 0.2) is 11.6 Å². The molecule has 0 unspecified atom stereocenters. The summed E-state index contributed by atoms with van der Waals surface area (Å²) in [5, 5.41) is 2.76. The summed E-state index contributed by atoms with van der Waals surface area (Å²) in [5.74, 6) is -0.211.